The van der Waals surface area contributed by atoms with E-state index in [1.807, 2.05) is 0 Å². The molecular weight excluding hydrogens is 150 g/mol. The van der Waals surface area contributed by atoms with Crippen molar-refractivity contribution in [2.24, 2.45) is 0 Å². The van der Waals surface area contributed by atoms with Crippen LogP contribution >= 0.6 is 0 Å². The largest absolute Gasteiger partial charge is 0.496 e. The highest BCUT2D eigenvalue weighted by Crippen LogP contribution is 2.32. The molecule has 2 heteroatoms. The van der Waals surface area contributed by atoms with E-state index < -0.39 is 0 Å². The van der Waals surface area contributed by atoms with E-state index >= 15 is 0 Å². The van der Waals surface area contributed by atoms with Crippen LogP contribution in [0.25, 0.3) is 0 Å². The van der Waals surface area contributed by atoms with Crippen LogP contribution in [-0.2, 0) is 6.42 Å². The van der Waals surface area contributed by atoms with Gasteiger partial charge >= 0.3 is 0 Å². The van der Waals surface area contributed by atoms with Gasteiger partial charge in [0.05, 0.1) is 7.11 Å². The van der Waals surface area contributed by atoms with Gasteiger partial charge in [0, 0.05) is 17.8 Å². The van der Waals surface area contributed by atoms with Crippen LogP contribution in [0.15, 0.2) is 12.1 Å². The molecule has 64 valence electrons. The van der Waals surface area contributed by atoms with Crippen molar-refractivity contribution in [3.63, 3.8) is 0 Å². The Morgan fingerprint density at radius 2 is 2.25 bits per heavy atom. The maximum atomic E-state index is 5.30. The van der Waals surface area contributed by atoms with E-state index in [4.69, 9.17) is 4.74 Å². The van der Waals surface area contributed by atoms with Crippen molar-refractivity contribution in [3.05, 3.63) is 23.3 Å². The summed E-state index contributed by atoms with van der Waals surface area (Å²) in [6.45, 7) is 3.12. The van der Waals surface area contributed by atoms with Gasteiger partial charge in [-0.3, -0.25) is 0 Å². The second kappa shape index (κ2) is 2.70. The summed E-state index contributed by atoms with van der Waals surface area (Å²) in [5, 5.41) is 3.34. The third-order valence-corrected chi connectivity index (χ3v) is 2.26. The number of ether oxygens (including phenoxy) is 1. The fourth-order valence-electron chi connectivity index (χ4n) is 1.70. The lowest BCUT2D eigenvalue weighted by molar-refractivity contribution is 0.411. The third-order valence-electron chi connectivity index (χ3n) is 2.26. The Bertz CT molecular complexity index is 307. The molecule has 1 N–H and O–H groups in total. The van der Waals surface area contributed by atoms with Gasteiger partial charge in [-0.2, -0.15) is 0 Å². The van der Waals surface area contributed by atoms with Crippen LogP contribution in [-0.4, -0.2) is 13.7 Å². The van der Waals surface area contributed by atoms with E-state index in [0.29, 0.717) is 0 Å². The van der Waals surface area contributed by atoms with Crippen LogP contribution in [0.3, 0.4) is 0 Å². The van der Waals surface area contributed by atoms with Gasteiger partial charge in [0.1, 0.15) is 5.75 Å². The quantitative estimate of drug-likeness (QED) is 0.683. The van der Waals surface area contributed by atoms with Crippen molar-refractivity contribution in [1.82, 2.24) is 0 Å². The first-order chi connectivity index (χ1) is 5.81. The van der Waals surface area contributed by atoms with Crippen LogP contribution < -0.4 is 10.1 Å². The average molecular weight is 163 g/mol. The van der Waals surface area contributed by atoms with Crippen LogP contribution in [0.1, 0.15) is 11.1 Å². The van der Waals surface area contributed by atoms with Gasteiger partial charge in [0.25, 0.3) is 0 Å². The minimum atomic E-state index is 1.02. The van der Waals surface area contributed by atoms with Crippen molar-refractivity contribution in [2.45, 2.75) is 13.3 Å². The van der Waals surface area contributed by atoms with Gasteiger partial charge in [0.2, 0.25) is 0 Å². The molecule has 0 radical (unpaired) electrons. The van der Waals surface area contributed by atoms with E-state index in [9.17, 15) is 0 Å². The van der Waals surface area contributed by atoms with Gasteiger partial charge in [0.15, 0.2) is 0 Å². The predicted octanol–water partition coefficient (Wildman–Crippen LogP) is 1.97. The first kappa shape index (κ1) is 7.47. The Morgan fingerprint density at radius 3 is 3.00 bits per heavy atom. The highest BCUT2D eigenvalue weighted by Gasteiger charge is 2.14. The molecule has 0 spiro atoms. The summed E-state index contributed by atoms with van der Waals surface area (Å²) >= 11 is 0. The Labute approximate surface area is 72.5 Å². The predicted molar refractivity (Wildman–Crippen MR) is 49.9 cm³/mol. The summed E-state index contributed by atoms with van der Waals surface area (Å²) in [6, 6.07) is 4.26. The van der Waals surface area contributed by atoms with E-state index in [0.717, 1.165) is 18.7 Å². The number of nitrogens with one attached hydrogen (secondary N) is 1. The minimum absolute atomic E-state index is 1.02. The molecule has 0 unspecified atom stereocenters. The molecule has 2 nitrogen and oxygen atoms in total. The van der Waals surface area contributed by atoms with Crippen LogP contribution in [0.5, 0.6) is 5.75 Å². The zero-order chi connectivity index (χ0) is 8.55. The highest BCUT2D eigenvalue weighted by atomic mass is 16.5. The highest BCUT2D eigenvalue weighted by molar-refractivity contribution is 5.62. The maximum Gasteiger partial charge on any atom is 0.124 e. The smallest absolute Gasteiger partial charge is 0.124 e. The van der Waals surface area contributed by atoms with E-state index in [1.165, 1.54) is 16.8 Å². The zero-order valence-electron chi connectivity index (χ0n) is 7.48. The summed E-state index contributed by atoms with van der Waals surface area (Å²) in [7, 11) is 1.73. The summed E-state index contributed by atoms with van der Waals surface area (Å²) < 4.78 is 5.30. The second-order valence-electron chi connectivity index (χ2n) is 3.17. The molecule has 0 saturated heterocycles. The molecule has 0 aliphatic carbocycles. The van der Waals surface area contributed by atoms with Gasteiger partial charge in [-0.25, -0.2) is 0 Å². The summed E-state index contributed by atoms with van der Waals surface area (Å²) in [4.78, 5) is 0. The SMILES string of the molecule is COc1cc(C)cc2c1CCN2. The van der Waals surface area contributed by atoms with Crippen LogP contribution in [0.4, 0.5) is 5.69 Å². The molecule has 0 aromatic heterocycles. The molecule has 1 aliphatic heterocycles. The molecule has 2 rings (SSSR count). The Morgan fingerprint density at radius 1 is 1.42 bits per heavy atom. The zero-order valence-corrected chi connectivity index (χ0v) is 7.48. The van der Waals surface area contributed by atoms with Crippen molar-refractivity contribution in [1.29, 1.82) is 0 Å². The minimum Gasteiger partial charge on any atom is -0.496 e. The normalized spacial score (nSPS) is 13.8. The molecule has 1 heterocycles. The third kappa shape index (κ3) is 1.04. The lowest BCUT2D eigenvalue weighted by Crippen LogP contribution is -1.91. The summed E-state index contributed by atoms with van der Waals surface area (Å²) in [5.74, 6) is 1.02. The standard InChI is InChI=1S/C10H13NO/c1-7-5-9-8(3-4-11-9)10(6-7)12-2/h5-6,11H,3-4H2,1-2H3. The number of aryl methyl sites for hydroxylation is 1. The molecule has 0 amide bonds. The van der Waals surface area contributed by atoms with Gasteiger partial charge in [-0.1, -0.05) is 0 Å². The average Bonchev–Trinajstić information content (AvgIpc) is 2.50. The first-order valence-electron chi connectivity index (χ1n) is 4.22. The topological polar surface area (TPSA) is 21.3 Å². The molecule has 0 bridgehead atoms. The van der Waals surface area contributed by atoms with E-state index in [1.54, 1.807) is 7.11 Å². The Kier molecular flexibility index (Phi) is 1.68. The van der Waals surface area contributed by atoms with Crippen molar-refractivity contribution in [3.8, 4) is 5.75 Å². The summed E-state index contributed by atoms with van der Waals surface area (Å²) in [5.41, 5.74) is 3.81. The van der Waals surface area contributed by atoms with Crippen LogP contribution in [0.2, 0.25) is 0 Å². The van der Waals surface area contributed by atoms with Gasteiger partial charge < -0.3 is 10.1 Å². The first-order valence-corrected chi connectivity index (χ1v) is 4.22. The molecule has 0 saturated carbocycles. The van der Waals surface area contributed by atoms with Crippen molar-refractivity contribution in [2.75, 3.05) is 19.0 Å². The molecule has 0 atom stereocenters. The van der Waals surface area contributed by atoms with Gasteiger partial charge in [-0.05, 0) is 31.0 Å². The number of benzene rings is 1. The van der Waals surface area contributed by atoms with Gasteiger partial charge in [-0.15, -0.1) is 0 Å². The maximum absolute atomic E-state index is 5.30. The van der Waals surface area contributed by atoms with E-state index in [2.05, 4.69) is 24.4 Å². The molecule has 12 heavy (non-hydrogen) atoms. The fourth-order valence-corrected chi connectivity index (χ4v) is 1.70. The Hall–Kier alpha value is -1.18. The number of anilines is 1. The lowest BCUT2D eigenvalue weighted by Gasteiger charge is -2.07. The Balaban J connectivity index is 2.55. The van der Waals surface area contributed by atoms with E-state index in [-0.39, 0.29) is 0 Å². The molecule has 1 aromatic carbocycles. The second-order valence-corrected chi connectivity index (χ2v) is 3.17. The number of hydrogen-bond donors (Lipinski definition) is 1. The molecule has 1 aromatic rings. The molecule has 1 aliphatic rings. The van der Waals surface area contributed by atoms with Crippen molar-refractivity contribution >= 4 is 5.69 Å². The summed E-state index contributed by atoms with van der Waals surface area (Å²) in [6.07, 6.45) is 1.08. The molecule has 0 fully saturated rings. The van der Waals surface area contributed by atoms with Crippen LogP contribution in [0, 0.1) is 6.92 Å². The number of methoxy groups -OCH3 is 1. The number of hydrogen-bond acceptors (Lipinski definition) is 2. The number of rotatable bonds is 1. The van der Waals surface area contributed by atoms with Crippen molar-refractivity contribution < 1.29 is 4.74 Å². The monoisotopic (exact) mass is 163 g/mol. The fraction of sp³-hybridized carbons (Fsp3) is 0.400. The molecular formula is C10H13NO. The lowest BCUT2D eigenvalue weighted by atomic mass is 10.1. The number of fused-ring (bicyclic) bond motifs is 1.